The van der Waals surface area contributed by atoms with E-state index >= 15 is 0 Å². The first-order valence-electron chi connectivity index (χ1n) is 11.5. The van der Waals surface area contributed by atoms with Crippen molar-refractivity contribution in [2.24, 2.45) is 5.73 Å². The van der Waals surface area contributed by atoms with Crippen molar-refractivity contribution in [1.82, 2.24) is 0 Å². The van der Waals surface area contributed by atoms with Crippen LogP contribution in [0.15, 0.2) is 24.5 Å². The van der Waals surface area contributed by atoms with E-state index in [9.17, 15) is 4.79 Å². The minimum absolute atomic E-state index is 0.518. The second-order valence-electron chi connectivity index (χ2n) is 7.89. The summed E-state index contributed by atoms with van der Waals surface area (Å²) in [6.07, 6.45) is 22.2. The van der Waals surface area contributed by atoms with E-state index in [2.05, 4.69) is 49.9 Å². The van der Waals surface area contributed by atoms with Gasteiger partial charge in [-0.15, -0.1) is 0 Å². The van der Waals surface area contributed by atoms with Gasteiger partial charge in [-0.1, -0.05) is 62.8 Å². The lowest BCUT2D eigenvalue weighted by molar-refractivity contribution is -0.650. The molecule has 5 nitrogen and oxygen atoms in total. The maximum absolute atomic E-state index is 10.8. The van der Waals surface area contributed by atoms with Crippen LogP contribution in [0.2, 0.25) is 0 Å². The third-order valence-corrected chi connectivity index (χ3v) is 5.21. The van der Waals surface area contributed by atoms with Gasteiger partial charge in [-0.25, -0.2) is 0 Å². The number of rotatable bonds is 17. The van der Waals surface area contributed by atoms with Gasteiger partial charge in [-0.05, 0) is 50.5 Å². The van der Waals surface area contributed by atoms with Crippen LogP contribution in [0.25, 0.3) is 6.08 Å². The lowest BCUT2D eigenvalue weighted by Gasteiger charge is -2.08. The molecule has 1 heterocycles. The number of carboxylic acids is 1. The van der Waals surface area contributed by atoms with Crippen molar-refractivity contribution in [1.29, 1.82) is 0 Å². The molecule has 4 N–H and O–H groups in total. The Morgan fingerprint density at radius 1 is 1.14 bits per heavy atom. The molecular weight excluding hydrogens is 362 g/mol. The standard InChI is InChI=1S/C24H41N3O2/c1-3-5-7-9-11-15-22-20-27(19-17-21(22)14-10-8-6-4-2)26-18-13-12-16-23(25)24(28)29/h11,15,17,19-20,23,26H,3-10,12-14,16,18,25H2,1-2H3/p+1/b15-11+/t23-/m0/s1. The number of aromatic nitrogens is 1. The SMILES string of the molecule is CCCCC/C=C/c1c[n+](NCCCC[C@H](N)C(=O)O)ccc1CCCCCC. The van der Waals surface area contributed by atoms with Crippen LogP contribution >= 0.6 is 0 Å². The smallest absolute Gasteiger partial charge is 0.320 e. The summed E-state index contributed by atoms with van der Waals surface area (Å²) in [5.74, 6) is -0.919. The van der Waals surface area contributed by atoms with E-state index in [0.717, 1.165) is 32.2 Å². The van der Waals surface area contributed by atoms with Crippen molar-refractivity contribution in [2.45, 2.75) is 96.9 Å². The van der Waals surface area contributed by atoms with Crippen LogP contribution < -0.4 is 15.8 Å². The Bertz CT molecular complexity index is 602. The van der Waals surface area contributed by atoms with Gasteiger partial charge in [-0.3, -0.25) is 4.79 Å². The normalized spacial score (nSPS) is 12.4. The molecule has 1 aromatic rings. The number of unbranched alkanes of at least 4 members (excludes halogenated alkanes) is 7. The predicted octanol–water partition coefficient (Wildman–Crippen LogP) is 4.82. The summed E-state index contributed by atoms with van der Waals surface area (Å²) in [7, 11) is 0. The summed E-state index contributed by atoms with van der Waals surface area (Å²) in [6.45, 7) is 5.28. The summed E-state index contributed by atoms with van der Waals surface area (Å²) in [5, 5.41) is 8.83. The zero-order valence-corrected chi connectivity index (χ0v) is 18.5. The van der Waals surface area contributed by atoms with Crippen molar-refractivity contribution in [3.8, 4) is 0 Å². The molecule has 0 amide bonds. The molecule has 1 atom stereocenters. The monoisotopic (exact) mass is 404 g/mol. The van der Waals surface area contributed by atoms with Crippen LogP contribution in [0.4, 0.5) is 0 Å². The van der Waals surface area contributed by atoms with Crippen LogP contribution in [-0.4, -0.2) is 23.7 Å². The van der Waals surface area contributed by atoms with Gasteiger partial charge >= 0.3 is 5.97 Å². The van der Waals surface area contributed by atoms with E-state index in [1.165, 1.54) is 56.1 Å². The number of nitrogens with two attached hydrogens (primary N) is 1. The molecular formula is C24H42N3O2+. The zero-order valence-electron chi connectivity index (χ0n) is 18.5. The average Bonchev–Trinajstić information content (AvgIpc) is 2.71. The lowest BCUT2D eigenvalue weighted by Crippen LogP contribution is -2.45. The molecule has 1 aromatic heterocycles. The molecule has 1 rings (SSSR count). The van der Waals surface area contributed by atoms with E-state index in [0.29, 0.717) is 6.42 Å². The summed E-state index contributed by atoms with van der Waals surface area (Å²) < 4.78 is 2.03. The number of aliphatic carboxylic acids is 1. The number of hydrogen-bond donors (Lipinski definition) is 3. The number of carbonyl (C=O) groups is 1. The molecule has 0 saturated heterocycles. The Labute approximate surface area is 177 Å². The number of allylic oxidation sites excluding steroid dienone is 1. The van der Waals surface area contributed by atoms with Gasteiger partial charge in [0.2, 0.25) is 6.20 Å². The Morgan fingerprint density at radius 3 is 2.62 bits per heavy atom. The fourth-order valence-corrected chi connectivity index (χ4v) is 3.30. The fraction of sp³-hybridized carbons (Fsp3) is 0.667. The minimum Gasteiger partial charge on any atom is -0.480 e. The van der Waals surface area contributed by atoms with Crippen LogP contribution in [0, 0.1) is 0 Å². The maximum atomic E-state index is 10.8. The molecule has 0 aliphatic rings. The first-order chi connectivity index (χ1) is 14.1. The Kier molecular flexibility index (Phi) is 13.9. The number of carboxylic acid groups (broad SMARTS) is 1. The predicted molar refractivity (Wildman–Crippen MR) is 121 cm³/mol. The van der Waals surface area contributed by atoms with Crippen LogP contribution in [0.3, 0.4) is 0 Å². The number of aryl methyl sites for hydroxylation is 1. The van der Waals surface area contributed by atoms with E-state index in [-0.39, 0.29) is 0 Å². The molecule has 0 fully saturated rings. The quantitative estimate of drug-likeness (QED) is 0.257. The number of nitrogens with zero attached hydrogens (tertiary/aromatic N) is 1. The van der Waals surface area contributed by atoms with Crippen molar-refractivity contribution >= 4 is 12.0 Å². The van der Waals surface area contributed by atoms with Gasteiger partial charge in [0.1, 0.15) is 6.04 Å². The molecule has 5 heteroatoms. The third-order valence-electron chi connectivity index (χ3n) is 5.21. The maximum Gasteiger partial charge on any atom is 0.320 e. The van der Waals surface area contributed by atoms with E-state index in [1.54, 1.807) is 0 Å². The number of hydrogen-bond acceptors (Lipinski definition) is 3. The zero-order chi connectivity index (χ0) is 21.3. The highest BCUT2D eigenvalue weighted by atomic mass is 16.4. The molecule has 0 aromatic carbocycles. The summed E-state index contributed by atoms with van der Waals surface area (Å²) >= 11 is 0. The Balaban J connectivity index is 2.59. The molecule has 0 aliphatic heterocycles. The largest absolute Gasteiger partial charge is 0.480 e. The topological polar surface area (TPSA) is 79.2 Å². The first kappa shape index (κ1) is 25.2. The molecule has 0 radical (unpaired) electrons. The second-order valence-corrected chi connectivity index (χ2v) is 7.89. The van der Waals surface area contributed by atoms with E-state index < -0.39 is 12.0 Å². The van der Waals surface area contributed by atoms with Gasteiger partial charge in [0, 0.05) is 11.6 Å². The molecule has 164 valence electrons. The highest BCUT2D eigenvalue weighted by Gasteiger charge is 2.11. The molecule has 0 bridgehead atoms. The highest BCUT2D eigenvalue weighted by molar-refractivity contribution is 5.72. The summed E-state index contributed by atoms with van der Waals surface area (Å²) in [4.78, 5) is 10.8. The van der Waals surface area contributed by atoms with Gasteiger partial charge < -0.3 is 10.8 Å². The first-order valence-corrected chi connectivity index (χ1v) is 11.5. The number of pyridine rings is 1. The van der Waals surface area contributed by atoms with Gasteiger partial charge in [0.05, 0.1) is 6.54 Å². The van der Waals surface area contributed by atoms with Gasteiger partial charge in [0.15, 0.2) is 6.20 Å². The van der Waals surface area contributed by atoms with Gasteiger partial charge in [-0.2, -0.15) is 5.43 Å². The number of nitrogens with one attached hydrogen (secondary N) is 1. The highest BCUT2D eigenvalue weighted by Crippen LogP contribution is 2.14. The average molecular weight is 405 g/mol. The summed E-state index contributed by atoms with van der Waals surface area (Å²) in [5.41, 5.74) is 11.7. The van der Waals surface area contributed by atoms with Crippen LogP contribution in [0.1, 0.15) is 95.6 Å². The van der Waals surface area contributed by atoms with Crippen molar-refractivity contribution in [2.75, 3.05) is 12.0 Å². The molecule has 0 spiro atoms. The van der Waals surface area contributed by atoms with Gasteiger partial charge in [0.25, 0.3) is 0 Å². The van der Waals surface area contributed by atoms with Crippen LogP contribution in [0.5, 0.6) is 0 Å². The molecule has 29 heavy (non-hydrogen) atoms. The van der Waals surface area contributed by atoms with E-state index in [1.807, 2.05) is 4.68 Å². The molecule has 0 saturated carbocycles. The molecule has 0 aliphatic carbocycles. The van der Waals surface area contributed by atoms with Crippen LogP contribution in [-0.2, 0) is 11.2 Å². The van der Waals surface area contributed by atoms with E-state index in [4.69, 9.17) is 10.8 Å². The lowest BCUT2D eigenvalue weighted by atomic mass is 10.0. The fourth-order valence-electron chi connectivity index (χ4n) is 3.30. The Hall–Kier alpha value is -1.88. The molecule has 0 unspecified atom stereocenters. The van der Waals surface area contributed by atoms with Crippen molar-refractivity contribution in [3.05, 3.63) is 35.7 Å². The third kappa shape index (κ3) is 11.6. The minimum atomic E-state index is -0.919. The Morgan fingerprint density at radius 2 is 1.90 bits per heavy atom. The van der Waals surface area contributed by atoms with Crippen molar-refractivity contribution in [3.63, 3.8) is 0 Å². The summed E-state index contributed by atoms with van der Waals surface area (Å²) in [6, 6.07) is 1.48. The second kappa shape index (κ2) is 16.0. The van der Waals surface area contributed by atoms with Crippen molar-refractivity contribution < 1.29 is 14.6 Å².